The van der Waals surface area contributed by atoms with Gasteiger partial charge in [0.15, 0.2) is 0 Å². The molecular weight excluding hydrogens is 392 g/mol. The SMILES string of the molecule is CCCOC(=O)c1ccc(NC(=O)CNc2ccc(OCc3ccccc3)cc2)cc1. The van der Waals surface area contributed by atoms with Gasteiger partial charge in [-0.2, -0.15) is 0 Å². The fourth-order valence-corrected chi connectivity index (χ4v) is 2.77. The maximum Gasteiger partial charge on any atom is 0.338 e. The van der Waals surface area contributed by atoms with Crippen molar-refractivity contribution >= 4 is 23.3 Å². The van der Waals surface area contributed by atoms with Crippen LogP contribution in [-0.4, -0.2) is 25.0 Å². The number of rotatable bonds is 10. The summed E-state index contributed by atoms with van der Waals surface area (Å²) in [7, 11) is 0. The molecule has 0 unspecified atom stereocenters. The van der Waals surface area contributed by atoms with Gasteiger partial charge in [-0.25, -0.2) is 4.79 Å². The number of nitrogens with one attached hydrogen (secondary N) is 2. The molecule has 6 nitrogen and oxygen atoms in total. The van der Waals surface area contributed by atoms with E-state index in [9.17, 15) is 9.59 Å². The van der Waals surface area contributed by atoms with Crippen molar-refractivity contribution in [2.24, 2.45) is 0 Å². The van der Waals surface area contributed by atoms with Crippen LogP contribution in [0.2, 0.25) is 0 Å². The number of carbonyl (C=O) groups is 2. The third-order valence-electron chi connectivity index (χ3n) is 4.40. The lowest BCUT2D eigenvalue weighted by molar-refractivity contribution is -0.114. The van der Waals surface area contributed by atoms with Gasteiger partial charge < -0.3 is 20.1 Å². The zero-order chi connectivity index (χ0) is 21.9. The van der Waals surface area contributed by atoms with Crippen LogP contribution < -0.4 is 15.4 Å². The Balaban J connectivity index is 1.42. The number of hydrogen-bond donors (Lipinski definition) is 2. The van der Waals surface area contributed by atoms with Gasteiger partial charge in [0.2, 0.25) is 5.91 Å². The number of ether oxygens (including phenoxy) is 2. The number of amides is 1. The van der Waals surface area contributed by atoms with E-state index in [2.05, 4.69) is 10.6 Å². The van der Waals surface area contributed by atoms with Gasteiger partial charge >= 0.3 is 5.97 Å². The van der Waals surface area contributed by atoms with Gasteiger partial charge in [-0.1, -0.05) is 37.3 Å². The second-order valence-electron chi connectivity index (χ2n) is 6.91. The van der Waals surface area contributed by atoms with Gasteiger partial charge in [-0.15, -0.1) is 0 Å². The molecule has 0 aliphatic heterocycles. The van der Waals surface area contributed by atoms with E-state index in [0.29, 0.717) is 24.5 Å². The van der Waals surface area contributed by atoms with Crippen LogP contribution in [0.4, 0.5) is 11.4 Å². The van der Waals surface area contributed by atoms with Crippen molar-refractivity contribution in [1.29, 1.82) is 0 Å². The molecule has 0 aliphatic rings. The van der Waals surface area contributed by atoms with Crippen molar-refractivity contribution in [3.8, 4) is 5.75 Å². The summed E-state index contributed by atoms with van der Waals surface area (Å²) in [4.78, 5) is 24.0. The molecule has 0 fully saturated rings. The smallest absolute Gasteiger partial charge is 0.338 e. The summed E-state index contributed by atoms with van der Waals surface area (Å²) in [6.45, 7) is 2.95. The Kier molecular flexibility index (Phi) is 8.05. The van der Waals surface area contributed by atoms with E-state index in [1.807, 2.05) is 61.5 Å². The van der Waals surface area contributed by atoms with Crippen molar-refractivity contribution in [3.63, 3.8) is 0 Å². The molecule has 3 aromatic rings. The van der Waals surface area contributed by atoms with Crippen LogP contribution in [0.15, 0.2) is 78.9 Å². The summed E-state index contributed by atoms with van der Waals surface area (Å²) in [5.41, 5.74) is 2.99. The van der Waals surface area contributed by atoms with Crippen LogP contribution >= 0.6 is 0 Å². The van der Waals surface area contributed by atoms with Crippen LogP contribution in [-0.2, 0) is 16.1 Å². The maximum atomic E-state index is 12.2. The van der Waals surface area contributed by atoms with Crippen molar-refractivity contribution in [2.75, 3.05) is 23.8 Å². The van der Waals surface area contributed by atoms with Crippen LogP contribution in [0.1, 0.15) is 29.3 Å². The highest BCUT2D eigenvalue weighted by atomic mass is 16.5. The molecule has 31 heavy (non-hydrogen) atoms. The third-order valence-corrected chi connectivity index (χ3v) is 4.40. The molecule has 0 aliphatic carbocycles. The van der Waals surface area contributed by atoms with Gasteiger partial charge in [0, 0.05) is 11.4 Å². The Morgan fingerprint density at radius 2 is 1.52 bits per heavy atom. The normalized spacial score (nSPS) is 10.2. The molecule has 0 spiro atoms. The minimum absolute atomic E-state index is 0.116. The van der Waals surface area contributed by atoms with Crippen LogP contribution in [0.3, 0.4) is 0 Å². The number of hydrogen-bond acceptors (Lipinski definition) is 5. The summed E-state index contributed by atoms with van der Waals surface area (Å²) < 4.78 is 10.8. The first kappa shape index (κ1) is 21.9. The summed E-state index contributed by atoms with van der Waals surface area (Å²) >= 11 is 0. The highest BCUT2D eigenvalue weighted by molar-refractivity contribution is 5.95. The molecule has 2 N–H and O–H groups in total. The first-order chi connectivity index (χ1) is 15.1. The molecule has 160 valence electrons. The van der Waals surface area contributed by atoms with E-state index >= 15 is 0 Å². The zero-order valence-electron chi connectivity index (χ0n) is 17.5. The molecule has 3 aromatic carbocycles. The number of anilines is 2. The van der Waals surface area contributed by atoms with E-state index in [-0.39, 0.29) is 18.4 Å². The molecule has 6 heteroatoms. The monoisotopic (exact) mass is 418 g/mol. The Morgan fingerprint density at radius 1 is 0.839 bits per heavy atom. The average Bonchev–Trinajstić information content (AvgIpc) is 2.81. The standard InChI is InChI=1S/C25H26N2O4/c1-2-16-30-25(29)20-8-10-22(11-9-20)27-24(28)17-26-21-12-14-23(15-13-21)31-18-19-6-4-3-5-7-19/h3-15,26H,2,16-18H2,1H3,(H,27,28). The summed E-state index contributed by atoms with van der Waals surface area (Å²) in [6.07, 6.45) is 0.774. The lowest BCUT2D eigenvalue weighted by Gasteiger charge is -2.10. The largest absolute Gasteiger partial charge is 0.489 e. The number of esters is 1. The zero-order valence-corrected chi connectivity index (χ0v) is 17.5. The third kappa shape index (κ3) is 7.19. The first-order valence-electron chi connectivity index (χ1n) is 10.2. The highest BCUT2D eigenvalue weighted by Crippen LogP contribution is 2.17. The van der Waals surface area contributed by atoms with Crippen LogP contribution in [0, 0.1) is 0 Å². The van der Waals surface area contributed by atoms with Crippen molar-refractivity contribution in [1.82, 2.24) is 0 Å². The maximum absolute atomic E-state index is 12.2. The van der Waals surface area contributed by atoms with Crippen molar-refractivity contribution in [3.05, 3.63) is 90.0 Å². The van der Waals surface area contributed by atoms with Crippen molar-refractivity contribution < 1.29 is 19.1 Å². The van der Waals surface area contributed by atoms with Gasteiger partial charge in [0.25, 0.3) is 0 Å². The molecule has 0 heterocycles. The molecular formula is C25H26N2O4. The highest BCUT2D eigenvalue weighted by Gasteiger charge is 2.08. The Morgan fingerprint density at radius 3 is 2.19 bits per heavy atom. The molecule has 0 atom stereocenters. The number of carbonyl (C=O) groups excluding carboxylic acids is 2. The minimum Gasteiger partial charge on any atom is -0.489 e. The lowest BCUT2D eigenvalue weighted by Crippen LogP contribution is -2.21. The van der Waals surface area contributed by atoms with Crippen LogP contribution in [0.5, 0.6) is 5.75 Å². The fourth-order valence-electron chi connectivity index (χ4n) is 2.77. The molecule has 3 rings (SSSR count). The Hall–Kier alpha value is -3.80. The summed E-state index contributed by atoms with van der Waals surface area (Å²) in [6, 6.07) is 24.0. The lowest BCUT2D eigenvalue weighted by atomic mass is 10.2. The molecule has 0 radical (unpaired) electrons. The second-order valence-corrected chi connectivity index (χ2v) is 6.91. The summed E-state index contributed by atoms with van der Waals surface area (Å²) in [5, 5.41) is 5.87. The van der Waals surface area contributed by atoms with E-state index < -0.39 is 0 Å². The quantitative estimate of drug-likeness (QED) is 0.459. The molecule has 0 saturated heterocycles. The predicted molar refractivity (Wildman–Crippen MR) is 121 cm³/mol. The van der Waals surface area contributed by atoms with Gasteiger partial charge in [-0.05, 0) is 60.5 Å². The van der Waals surface area contributed by atoms with Crippen LogP contribution in [0.25, 0.3) is 0 Å². The second kappa shape index (κ2) is 11.4. The van der Waals surface area contributed by atoms with E-state index in [0.717, 1.165) is 23.4 Å². The Bertz CT molecular complexity index is 971. The van der Waals surface area contributed by atoms with E-state index in [1.165, 1.54) is 0 Å². The van der Waals surface area contributed by atoms with Crippen molar-refractivity contribution in [2.45, 2.75) is 20.0 Å². The molecule has 0 aromatic heterocycles. The minimum atomic E-state index is -0.363. The van der Waals surface area contributed by atoms with Gasteiger partial charge in [-0.3, -0.25) is 4.79 Å². The Labute approximate surface area is 182 Å². The average molecular weight is 418 g/mol. The molecule has 0 bridgehead atoms. The topological polar surface area (TPSA) is 76.7 Å². The summed E-state index contributed by atoms with van der Waals surface area (Å²) in [5.74, 6) is 0.208. The molecule has 0 saturated carbocycles. The van der Waals surface area contributed by atoms with E-state index in [1.54, 1.807) is 24.3 Å². The first-order valence-corrected chi connectivity index (χ1v) is 10.2. The van der Waals surface area contributed by atoms with E-state index in [4.69, 9.17) is 9.47 Å². The number of benzene rings is 3. The van der Waals surface area contributed by atoms with Gasteiger partial charge in [0.05, 0.1) is 18.7 Å². The fraction of sp³-hybridized carbons (Fsp3) is 0.200. The molecule has 1 amide bonds. The predicted octanol–water partition coefficient (Wildman–Crippen LogP) is 4.88. The van der Waals surface area contributed by atoms with Gasteiger partial charge in [0.1, 0.15) is 12.4 Å².